The Labute approximate surface area is 259 Å². The Balaban J connectivity index is 1.26. The zero-order chi connectivity index (χ0) is 30.8. The number of nitrogens with zero attached hydrogens (tertiary/aromatic N) is 3. The molecule has 1 aliphatic rings. The molecule has 3 aromatic carbocycles. The molecule has 0 bridgehead atoms. The largest absolute Gasteiger partial charge is 0.416 e. The Morgan fingerprint density at radius 1 is 0.909 bits per heavy atom. The smallest absolute Gasteiger partial charge is 0.359 e. The Morgan fingerprint density at radius 2 is 1.57 bits per heavy atom. The highest BCUT2D eigenvalue weighted by atomic mass is 35.5. The van der Waals surface area contributed by atoms with E-state index in [4.69, 9.17) is 16.1 Å². The lowest BCUT2D eigenvalue weighted by molar-refractivity contribution is -0.137. The van der Waals surface area contributed by atoms with E-state index in [0.29, 0.717) is 47.3 Å². The van der Waals surface area contributed by atoms with Crippen molar-refractivity contribution < 1.29 is 22.1 Å². The molecule has 226 valence electrons. The third-order valence-electron chi connectivity index (χ3n) is 7.74. The number of thioether (sulfide) groups is 1. The van der Waals surface area contributed by atoms with Gasteiger partial charge in [-0.2, -0.15) is 18.2 Å². The average Bonchev–Trinajstić information content (AvgIpc) is 3.66. The molecule has 5 aromatic rings. The van der Waals surface area contributed by atoms with E-state index in [-0.39, 0.29) is 17.3 Å². The second kappa shape index (κ2) is 12.6. The summed E-state index contributed by atoms with van der Waals surface area (Å²) in [6.45, 7) is 0.334. The van der Waals surface area contributed by atoms with Crippen molar-refractivity contribution in [3.63, 3.8) is 0 Å². The minimum atomic E-state index is -4.38. The van der Waals surface area contributed by atoms with E-state index in [0.717, 1.165) is 58.5 Å². The summed E-state index contributed by atoms with van der Waals surface area (Å²) < 4.78 is 60.0. The summed E-state index contributed by atoms with van der Waals surface area (Å²) in [6.07, 6.45) is -1.62. The number of hydrogen-bond acceptors (Lipinski definition) is 5. The number of fused-ring (bicyclic) bond motifs is 1. The van der Waals surface area contributed by atoms with Crippen LogP contribution in [0.1, 0.15) is 51.4 Å². The highest BCUT2D eigenvalue weighted by Crippen LogP contribution is 2.32. The molecule has 0 N–H and O–H groups in total. The van der Waals surface area contributed by atoms with Gasteiger partial charge in [-0.3, -0.25) is 4.79 Å². The van der Waals surface area contributed by atoms with E-state index >= 15 is 0 Å². The molecule has 6 rings (SSSR count). The summed E-state index contributed by atoms with van der Waals surface area (Å²) in [5.41, 5.74) is 5.60. The van der Waals surface area contributed by atoms with Gasteiger partial charge in [-0.25, -0.2) is 4.39 Å². The Morgan fingerprint density at radius 3 is 2.23 bits per heavy atom. The molecule has 11 heteroatoms. The summed E-state index contributed by atoms with van der Waals surface area (Å²) >= 11 is 7.65. The molecule has 0 fully saturated rings. The van der Waals surface area contributed by atoms with E-state index in [2.05, 4.69) is 10.1 Å². The topological polar surface area (TPSA) is 60.9 Å². The normalized spacial score (nSPS) is 12.9. The summed E-state index contributed by atoms with van der Waals surface area (Å²) in [6, 6.07) is 18.9. The van der Waals surface area contributed by atoms with Crippen molar-refractivity contribution in [3.05, 3.63) is 134 Å². The summed E-state index contributed by atoms with van der Waals surface area (Å²) in [4.78, 5) is 17.3. The summed E-state index contributed by atoms with van der Waals surface area (Å²) in [7, 11) is 0. The average molecular weight is 640 g/mol. The Bertz CT molecular complexity index is 1830. The van der Waals surface area contributed by atoms with Crippen LogP contribution in [-0.4, -0.2) is 14.7 Å². The lowest BCUT2D eigenvalue weighted by Crippen LogP contribution is -2.22. The van der Waals surface area contributed by atoms with Gasteiger partial charge < -0.3 is 9.09 Å². The molecule has 0 spiro atoms. The number of halogens is 5. The maximum atomic E-state index is 13.4. The van der Waals surface area contributed by atoms with E-state index in [1.807, 2.05) is 28.8 Å². The lowest BCUT2D eigenvalue weighted by Gasteiger charge is -2.17. The predicted molar refractivity (Wildman–Crippen MR) is 161 cm³/mol. The van der Waals surface area contributed by atoms with Gasteiger partial charge in [-0.05, 0) is 65.8 Å². The Kier molecular flexibility index (Phi) is 8.64. The third-order valence-corrected chi connectivity index (χ3v) is 9.03. The molecule has 2 heterocycles. The molecular weight excluding hydrogens is 614 g/mol. The highest BCUT2D eigenvalue weighted by molar-refractivity contribution is 7.98. The fraction of sp³-hybridized carbons (Fsp3) is 0.242. The van der Waals surface area contributed by atoms with Crippen molar-refractivity contribution in [2.75, 3.05) is 0 Å². The molecule has 0 atom stereocenters. The molecule has 0 aliphatic heterocycles. The first-order valence-electron chi connectivity index (χ1n) is 14.0. The fourth-order valence-electron chi connectivity index (χ4n) is 5.42. The first kappa shape index (κ1) is 30.1. The van der Waals surface area contributed by atoms with Crippen LogP contribution in [0, 0.1) is 5.82 Å². The zero-order valence-corrected chi connectivity index (χ0v) is 24.9. The van der Waals surface area contributed by atoms with E-state index < -0.39 is 11.7 Å². The van der Waals surface area contributed by atoms with Gasteiger partial charge in [0.05, 0.1) is 18.0 Å². The highest BCUT2D eigenvalue weighted by Gasteiger charge is 2.30. The maximum Gasteiger partial charge on any atom is 0.416 e. The van der Waals surface area contributed by atoms with Gasteiger partial charge in [0.1, 0.15) is 11.5 Å². The molecule has 0 amide bonds. The van der Waals surface area contributed by atoms with Crippen molar-refractivity contribution in [1.82, 2.24) is 14.7 Å². The van der Waals surface area contributed by atoms with Gasteiger partial charge in [-0.1, -0.05) is 65.4 Å². The molecule has 44 heavy (non-hydrogen) atoms. The number of benzene rings is 3. The second-order valence-corrected chi connectivity index (χ2v) is 11.8. The molecule has 2 aromatic heterocycles. The van der Waals surface area contributed by atoms with Gasteiger partial charge in [0, 0.05) is 29.0 Å². The van der Waals surface area contributed by atoms with Gasteiger partial charge in [0.15, 0.2) is 10.9 Å². The van der Waals surface area contributed by atoms with Crippen molar-refractivity contribution in [2.24, 2.45) is 0 Å². The minimum Gasteiger partial charge on any atom is -0.359 e. The number of rotatable bonds is 9. The van der Waals surface area contributed by atoms with Crippen LogP contribution in [0.25, 0.3) is 11.1 Å². The Hall–Kier alpha value is -3.89. The van der Waals surface area contributed by atoms with E-state index in [9.17, 15) is 22.4 Å². The van der Waals surface area contributed by atoms with Gasteiger partial charge in [-0.15, -0.1) is 11.6 Å². The lowest BCUT2D eigenvalue weighted by atomic mass is 9.98. The SMILES string of the molecule is O=c1nc(SCc2ccc(F)cc2)n(Cc2noc(CCl)c2Cc2ccc(-c3ccc(C(F)(F)F)cc3)cc2)c2c1CCC2. The second-order valence-electron chi connectivity index (χ2n) is 10.6. The van der Waals surface area contributed by atoms with Crippen LogP contribution in [0.4, 0.5) is 17.6 Å². The quantitative estimate of drug-likeness (QED) is 0.0704. The number of aromatic nitrogens is 3. The molecule has 0 saturated heterocycles. The standard InChI is InChI=1S/C33H26ClF4N3O2S/c34-17-30-27(16-20-4-8-22(9-5-20)23-10-12-24(13-11-23)33(36,37)38)28(40-43-30)18-41-29-3-1-2-26(29)31(42)39-32(41)44-19-21-6-14-25(35)15-7-21/h4-15H,1-3,16-19H2. The van der Waals surface area contributed by atoms with Gasteiger partial charge in [0.2, 0.25) is 0 Å². The fourth-order valence-corrected chi connectivity index (χ4v) is 6.60. The van der Waals surface area contributed by atoms with Crippen LogP contribution in [-0.2, 0) is 43.6 Å². The first-order chi connectivity index (χ1) is 21.2. The van der Waals surface area contributed by atoms with E-state index in [1.54, 1.807) is 12.1 Å². The van der Waals surface area contributed by atoms with Crippen molar-refractivity contribution in [2.45, 2.75) is 55.2 Å². The third kappa shape index (κ3) is 6.46. The van der Waals surface area contributed by atoms with Gasteiger partial charge in [0.25, 0.3) is 5.56 Å². The minimum absolute atomic E-state index is 0.124. The van der Waals surface area contributed by atoms with Crippen LogP contribution in [0.5, 0.6) is 0 Å². The zero-order valence-electron chi connectivity index (χ0n) is 23.3. The first-order valence-corrected chi connectivity index (χ1v) is 15.5. The monoisotopic (exact) mass is 639 g/mol. The van der Waals surface area contributed by atoms with Crippen LogP contribution in [0.3, 0.4) is 0 Å². The maximum absolute atomic E-state index is 13.4. The molecule has 1 aliphatic carbocycles. The molecule has 0 saturated carbocycles. The van der Waals surface area contributed by atoms with Crippen molar-refractivity contribution in [1.29, 1.82) is 0 Å². The van der Waals surface area contributed by atoms with Crippen LogP contribution in [0.15, 0.2) is 87.3 Å². The van der Waals surface area contributed by atoms with Crippen LogP contribution >= 0.6 is 23.4 Å². The molecule has 0 unspecified atom stereocenters. The molecular formula is C33H26ClF4N3O2S. The number of alkyl halides is 4. The van der Waals surface area contributed by atoms with Crippen molar-refractivity contribution in [3.8, 4) is 11.1 Å². The van der Waals surface area contributed by atoms with Gasteiger partial charge >= 0.3 is 6.18 Å². The number of hydrogen-bond donors (Lipinski definition) is 0. The predicted octanol–water partition coefficient (Wildman–Crippen LogP) is 8.22. The summed E-state index contributed by atoms with van der Waals surface area (Å²) in [5.74, 6) is 0.863. The van der Waals surface area contributed by atoms with E-state index in [1.165, 1.54) is 36.0 Å². The molecule has 0 radical (unpaired) electrons. The molecule has 5 nitrogen and oxygen atoms in total. The summed E-state index contributed by atoms with van der Waals surface area (Å²) in [5, 5.41) is 4.92. The van der Waals surface area contributed by atoms with Crippen molar-refractivity contribution >= 4 is 23.4 Å². The van der Waals surface area contributed by atoms with Crippen LogP contribution in [0.2, 0.25) is 0 Å². The van der Waals surface area contributed by atoms with Crippen LogP contribution < -0.4 is 5.56 Å².